The van der Waals surface area contributed by atoms with Crippen molar-refractivity contribution in [3.05, 3.63) is 26.5 Å². The highest BCUT2D eigenvalue weighted by molar-refractivity contribution is 9.11. The van der Waals surface area contributed by atoms with Crippen LogP contribution in [0.1, 0.15) is 50.1 Å². The van der Waals surface area contributed by atoms with Crippen LogP contribution in [-0.4, -0.2) is 17.1 Å². The summed E-state index contributed by atoms with van der Waals surface area (Å²) in [5.41, 5.74) is 1.53. The van der Waals surface area contributed by atoms with E-state index in [4.69, 9.17) is 4.98 Å². The zero-order valence-electron chi connectivity index (χ0n) is 12.7. The van der Waals surface area contributed by atoms with Gasteiger partial charge in [0, 0.05) is 22.9 Å². The summed E-state index contributed by atoms with van der Waals surface area (Å²) in [6, 6.07) is 4.28. The molecule has 0 spiro atoms. The first-order chi connectivity index (χ1) is 9.92. The second-order valence-corrected chi connectivity index (χ2v) is 10.2. The largest absolute Gasteiger partial charge is 0.311 e. The number of thiophene rings is 1. The lowest BCUT2D eigenvalue weighted by molar-refractivity contribution is 0.388. The molecule has 0 bridgehead atoms. The summed E-state index contributed by atoms with van der Waals surface area (Å²) in [6.07, 6.45) is 3.75. The number of rotatable bonds is 3. The Morgan fingerprint density at radius 2 is 2.14 bits per heavy atom. The SMILES string of the molecule is CC(C)(C)NCC1CCCc2sc(-c3ccc(Br)s3)nc21. The second kappa shape index (κ2) is 6.11. The molecule has 21 heavy (non-hydrogen) atoms. The minimum absolute atomic E-state index is 0.176. The Kier molecular flexibility index (Phi) is 4.55. The normalized spacial score (nSPS) is 18.8. The standard InChI is InChI=1S/C16H21BrN2S2/c1-16(2,3)18-9-10-5-4-6-11-14(10)19-15(21-11)12-7-8-13(17)20-12/h7-8,10,18H,4-6,9H2,1-3H3. The number of halogens is 1. The molecule has 1 atom stereocenters. The van der Waals surface area contributed by atoms with Crippen LogP contribution in [0.4, 0.5) is 0 Å². The highest BCUT2D eigenvalue weighted by atomic mass is 79.9. The van der Waals surface area contributed by atoms with Gasteiger partial charge in [0.15, 0.2) is 0 Å². The van der Waals surface area contributed by atoms with E-state index in [2.05, 4.69) is 54.2 Å². The predicted molar refractivity (Wildman–Crippen MR) is 96.6 cm³/mol. The number of hydrogen-bond acceptors (Lipinski definition) is 4. The lowest BCUT2D eigenvalue weighted by atomic mass is 9.90. The van der Waals surface area contributed by atoms with Gasteiger partial charge in [0.25, 0.3) is 0 Å². The van der Waals surface area contributed by atoms with E-state index >= 15 is 0 Å². The fraction of sp³-hybridized carbons (Fsp3) is 0.562. The quantitative estimate of drug-likeness (QED) is 0.761. The van der Waals surface area contributed by atoms with Crippen molar-refractivity contribution < 1.29 is 0 Å². The molecular weight excluding hydrogens is 364 g/mol. The molecular formula is C16H21BrN2S2. The van der Waals surface area contributed by atoms with E-state index in [1.54, 1.807) is 11.3 Å². The molecule has 1 N–H and O–H groups in total. The first-order valence-electron chi connectivity index (χ1n) is 7.43. The van der Waals surface area contributed by atoms with E-state index in [0.717, 1.165) is 6.54 Å². The maximum Gasteiger partial charge on any atom is 0.133 e. The first kappa shape index (κ1) is 15.7. The van der Waals surface area contributed by atoms with Gasteiger partial charge in [-0.3, -0.25) is 0 Å². The third-order valence-corrected chi connectivity index (χ3v) is 6.66. The molecule has 2 heterocycles. The summed E-state index contributed by atoms with van der Waals surface area (Å²) < 4.78 is 1.18. The van der Waals surface area contributed by atoms with E-state index in [1.165, 1.54) is 43.5 Å². The average molecular weight is 385 g/mol. The fourth-order valence-corrected chi connectivity index (χ4v) is 5.30. The number of nitrogens with one attached hydrogen (secondary N) is 1. The van der Waals surface area contributed by atoms with Crippen molar-refractivity contribution in [3.63, 3.8) is 0 Å². The van der Waals surface area contributed by atoms with E-state index in [0.29, 0.717) is 5.92 Å². The highest BCUT2D eigenvalue weighted by Crippen LogP contribution is 2.40. The minimum atomic E-state index is 0.176. The number of nitrogens with zero attached hydrogens (tertiary/aromatic N) is 1. The summed E-state index contributed by atoms with van der Waals surface area (Å²) in [5, 5.41) is 4.84. The van der Waals surface area contributed by atoms with Crippen LogP contribution in [0.2, 0.25) is 0 Å². The Morgan fingerprint density at radius 3 is 2.81 bits per heavy atom. The monoisotopic (exact) mass is 384 g/mol. The third kappa shape index (κ3) is 3.76. The molecule has 114 valence electrons. The molecule has 0 aliphatic heterocycles. The number of thiazole rings is 1. The van der Waals surface area contributed by atoms with E-state index in [1.807, 2.05) is 11.3 Å². The van der Waals surface area contributed by atoms with Crippen molar-refractivity contribution in [2.45, 2.75) is 51.5 Å². The first-order valence-corrected chi connectivity index (χ1v) is 9.85. The van der Waals surface area contributed by atoms with Crippen molar-refractivity contribution in [3.8, 4) is 9.88 Å². The molecule has 0 fully saturated rings. The van der Waals surface area contributed by atoms with Gasteiger partial charge in [-0.15, -0.1) is 22.7 Å². The van der Waals surface area contributed by atoms with Crippen LogP contribution in [0.15, 0.2) is 15.9 Å². The summed E-state index contributed by atoms with van der Waals surface area (Å²) in [5.74, 6) is 0.571. The molecule has 1 aliphatic rings. The zero-order chi connectivity index (χ0) is 15.0. The molecule has 1 unspecified atom stereocenters. The average Bonchev–Trinajstić information content (AvgIpc) is 3.01. The van der Waals surface area contributed by atoms with E-state index in [-0.39, 0.29) is 5.54 Å². The molecule has 2 nitrogen and oxygen atoms in total. The van der Waals surface area contributed by atoms with Gasteiger partial charge in [-0.1, -0.05) is 0 Å². The van der Waals surface area contributed by atoms with Gasteiger partial charge in [0.05, 0.1) is 14.4 Å². The molecule has 0 aromatic carbocycles. The highest BCUT2D eigenvalue weighted by Gasteiger charge is 2.26. The van der Waals surface area contributed by atoms with Crippen LogP contribution in [0.25, 0.3) is 9.88 Å². The van der Waals surface area contributed by atoms with E-state index in [9.17, 15) is 0 Å². The van der Waals surface area contributed by atoms with Gasteiger partial charge in [0.1, 0.15) is 5.01 Å². The topological polar surface area (TPSA) is 24.9 Å². The Hall–Kier alpha value is -0.230. The molecule has 0 saturated heterocycles. The van der Waals surface area contributed by atoms with Crippen LogP contribution in [0.3, 0.4) is 0 Å². The van der Waals surface area contributed by atoms with Crippen molar-refractivity contribution in [2.24, 2.45) is 0 Å². The summed E-state index contributed by atoms with van der Waals surface area (Å²) in [4.78, 5) is 7.77. The maximum atomic E-state index is 4.98. The molecule has 5 heteroatoms. The fourth-order valence-electron chi connectivity index (χ4n) is 2.67. The lowest BCUT2D eigenvalue weighted by Crippen LogP contribution is -2.39. The second-order valence-electron chi connectivity index (χ2n) is 6.65. The van der Waals surface area contributed by atoms with Gasteiger partial charge in [-0.05, 0) is 68.1 Å². The van der Waals surface area contributed by atoms with E-state index < -0.39 is 0 Å². The number of fused-ring (bicyclic) bond motifs is 1. The molecule has 0 amide bonds. The van der Waals surface area contributed by atoms with Gasteiger partial charge >= 0.3 is 0 Å². The van der Waals surface area contributed by atoms with Crippen LogP contribution in [0.5, 0.6) is 0 Å². The molecule has 2 aromatic rings. The minimum Gasteiger partial charge on any atom is -0.311 e. The van der Waals surface area contributed by atoms with Gasteiger partial charge in [-0.25, -0.2) is 4.98 Å². The van der Waals surface area contributed by atoms with Crippen LogP contribution in [0, 0.1) is 0 Å². The Labute approximate surface area is 143 Å². The molecule has 0 saturated carbocycles. The lowest BCUT2D eigenvalue weighted by Gasteiger charge is -2.27. The molecule has 2 aromatic heterocycles. The predicted octanol–water partition coefficient (Wildman–Crippen LogP) is 5.44. The Morgan fingerprint density at radius 1 is 1.33 bits per heavy atom. The summed E-state index contributed by atoms with van der Waals surface area (Å²) in [7, 11) is 0. The van der Waals surface area contributed by atoms with Gasteiger partial charge < -0.3 is 5.32 Å². The molecule has 0 radical (unpaired) electrons. The van der Waals surface area contributed by atoms with Crippen LogP contribution < -0.4 is 5.32 Å². The summed E-state index contributed by atoms with van der Waals surface area (Å²) in [6.45, 7) is 7.72. The van der Waals surface area contributed by atoms with Crippen molar-refractivity contribution in [1.29, 1.82) is 0 Å². The van der Waals surface area contributed by atoms with Gasteiger partial charge in [-0.2, -0.15) is 0 Å². The molecule has 3 rings (SSSR count). The molecule has 1 aliphatic carbocycles. The number of hydrogen-bond donors (Lipinski definition) is 1. The van der Waals surface area contributed by atoms with Crippen LogP contribution in [-0.2, 0) is 6.42 Å². The van der Waals surface area contributed by atoms with Crippen LogP contribution >= 0.6 is 38.6 Å². The smallest absolute Gasteiger partial charge is 0.133 e. The Bertz CT molecular complexity index is 625. The summed E-state index contributed by atoms with van der Waals surface area (Å²) >= 11 is 7.21. The zero-order valence-corrected chi connectivity index (χ0v) is 15.9. The number of aryl methyl sites for hydroxylation is 1. The van der Waals surface area contributed by atoms with Gasteiger partial charge in [0.2, 0.25) is 0 Å². The number of aromatic nitrogens is 1. The van der Waals surface area contributed by atoms with Crippen molar-refractivity contribution >= 4 is 38.6 Å². The third-order valence-electron chi connectivity index (χ3n) is 3.73. The van der Waals surface area contributed by atoms with Crippen molar-refractivity contribution in [1.82, 2.24) is 10.3 Å². The Balaban J connectivity index is 1.83. The maximum absolute atomic E-state index is 4.98. The van der Waals surface area contributed by atoms with Crippen molar-refractivity contribution in [2.75, 3.05) is 6.54 Å².